The molecule has 0 saturated heterocycles. The fourth-order valence-electron chi connectivity index (χ4n) is 1.57. The molecular formula is C12H10F2N2. The van der Waals surface area contributed by atoms with E-state index in [-0.39, 0.29) is 6.54 Å². The van der Waals surface area contributed by atoms with Gasteiger partial charge in [-0.3, -0.25) is 4.98 Å². The lowest BCUT2D eigenvalue weighted by atomic mass is 10.00. The lowest BCUT2D eigenvalue weighted by Gasteiger charge is -2.08. The zero-order valence-electron chi connectivity index (χ0n) is 8.45. The Bertz CT molecular complexity index is 512. The Morgan fingerprint density at radius 1 is 1.12 bits per heavy atom. The monoisotopic (exact) mass is 220 g/mol. The van der Waals surface area contributed by atoms with Crippen LogP contribution in [0.15, 0.2) is 36.7 Å². The van der Waals surface area contributed by atoms with Gasteiger partial charge in [0.15, 0.2) is 0 Å². The molecule has 0 saturated carbocycles. The Balaban J connectivity index is 2.63. The van der Waals surface area contributed by atoms with Crippen LogP contribution in [-0.4, -0.2) is 4.98 Å². The fourth-order valence-corrected chi connectivity index (χ4v) is 1.57. The highest BCUT2D eigenvalue weighted by Gasteiger charge is 2.09. The van der Waals surface area contributed by atoms with Crippen LogP contribution in [0, 0.1) is 11.6 Å². The largest absolute Gasteiger partial charge is 0.326 e. The molecule has 0 atom stereocenters. The lowest BCUT2D eigenvalue weighted by molar-refractivity contribution is 0.620. The number of hydrogen-bond donors (Lipinski definition) is 1. The molecular weight excluding hydrogens is 210 g/mol. The van der Waals surface area contributed by atoms with Crippen LogP contribution in [0.25, 0.3) is 11.1 Å². The number of aromatic nitrogens is 1. The zero-order valence-corrected chi connectivity index (χ0v) is 8.45. The molecule has 0 aliphatic rings. The Labute approximate surface area is 91.7 Å². The van der Waals surface area contributed by atoms with E-state index in [2.05, 4.69) is 4.98 Å². The average molecular weight is 220 g/mol. The summed E-state index contributed by atoms with van der Waals surface area (Å²) in [6.45, 7) is 0.234. The summed E-state index contributed by atoms with van der Waals surface area (Å²) in [7, 11) is 0. The Hall–Kier alpha value is -1.81. The van der Waals surface area contributed by atoms with Crippen molar-refractivity contribution in [1.29, 1.82) is 0 Å². The minimum atomic E-state index is -0.484. The highest BCUT2D eigenvalue weighted by atomic mass is 19.1. The number of halogens is 2. The normalized spacial score (nSPS) is 10.4. The van der Waals surface area contributed by atoms with E-state index >= 15 is 0 Å². The summed E-state index contributed by atoms with van der Waals surface area (Å²) in [6.07, 6.45) is 2.56. The maximum Gasteiger partial charge on any atom is 0.149 e. The number of benzene rings is 1. The second kappa shape index (κ2) is 4.37. The first kappa shape index (κ1) is 10.7. The molecule has 0 spiro atoms. The molecule has 0 fully saturated rings. The van der Waals surface area contributed by atoms with Gasteiger partial charge in [0, 0.05) is 18.3 Å². The van der Waals surface area contributed by atoms with E-state index in [1.165, 1.54) is 24.4 Å². The highest BCUT2D eigenvalue weighted by molar-refractivity contribution is 5.67. The van der Waals surface area contributed by atoms with Crippen molar-refractivity contribution >= 4 is 0 Å². The predicted molar refractivity (Wildman–Crippen MR) is 57.5 cm³/mol. The highest BCUT2D eigenvalue weighted by Crippen LogP contribution is 2.26. The standard InChI is InChI=1S/C12H10F2N2/c13-9-2-1-8(6-15)11(5-9)10-3-4-16-7-12(10)14/h1-5,7H,6,15H2. The third-order valence-corrected chi connectivity index (χ3v) is 2.35. The quantitative estimate of drug-likeness (QED) is 0.844. The van der Waals surface area contributed by atoms with E-state index in [9.17, 15) is 8.78 Å². The third-order valence-electron chi connectivity index (χ3n) is 2.35. The molecule has 16 heavy (non-hydrogen) atoms. The summed E-state index contributed by atoms with van der Waals surface area (Å²) in [4.78, 5) is 3.65. The number of pyridine rings is 1. The molecule has 2 nitrogen and oxygen atoms in total. The molecule has 0 radical (unpaired) electrons. The molecule has 82 valence electrons. The number of hydrogen-bond acceptors (Lipinski definition) is 2. The first-order valence-electron chi connectivity index (χ1n) is 4.80. The van der Waals surface area contributed by atoms with Gasteiger partial charge in [-0.1, -0.05) is 6.07 Å². The van der Waals surface area contributed by atoms with Gasteiger partial charge < -0.3 is 5.73 Å². The summed E-state index contributed by atoms with van der Waals surface area (Å²) in [5.41, 5.74) is 7.02. The maximum atomic E-state index is 13.5. The Morgan fingerprint density at radius 3 is 2.62 bits per heavy atom. The van der Waals surface area contributed by atoms with Crippen LogP contribution in [0.4, 0.5) is 8.78 Å². The summed E-state index contributed by atoms with van der Waals surface area (Å²) in [5.74, 6) is -0.897. The van der Waals surface area contributed by atoms with Crippen LogP contribution in [0.5, 0.6) is 0 Å². The Morgan fingerprint density at radius 2 is 1.94 bits per heavy atom. The smallest absolute Gasteiger partial charge is 0.149 e. The average Bonchev–Trinajstić information content (AvgIpc) is 2.29. The first-order chi connectivity index (χ1) is 7.72. The fraction of sp³-hybridized carbons (Fsp3) is 0.0833. The van der Waals surface area contributed by atoms with Crippen LogP contribution in [0.2, 0.25) is 0 Å². The topological polar surface area (TPSA) is 38.9 Å². The van der Waals surface area contributed by atoms with Gasteiger partial charge in [-0.2, -0.15) is 0 Å². The molecule has 2 rings (SSSR count). The molecule has 1 aromatic carbocycles. The van der Waals surface area contributed by atoms with Crippen molar-refractivity contribution < 1.29 is 8.78 Å². The SMILES string of the molecule is NCc1ccc(F)cc1-c1ccncc1F. The van der Waals surface area contributed by atoms with Gasteiger partial charge in [-0.25, -0.2) is 8.78 Å². The van der Waals surface area contributed by atoms with Crippen molar-refractivity contribution in [2.24, 2.45) is 5.73 Å². The van der Waals surface area contributed by atoms with Crippen LogP contribution in [0.3, 0.4) is 0 Å². The second-order valence-corrected chi connectivity index (χ2v) is 3.36. The minimum absolute atomic E-state index is 0.234. The van der Waals surface area contributed by atoms with Gasteiger partial charge in [0.1, 0.15) is 11.6 Å². The van der Waals surface area contributed by atoms with Crippen molar-refractivity contribution in [1.82, 2.24) is 4.98 Å². The second-order valence-electron chi connectivity index (χ2n) is 3.36. The van der Waals surface area contributed by atoms with Crippen molar-refractivity contribution in [3.05, 3.63) is 53.9 Å². The number of rotatable bonds is 2. The molecule has 0 aliphatic carbocycles. The molecule has 2 N–H and O–H groups in total. The minimum Gasteiger partial charge on any atom is -0.326 e. The number of nitrogens with zero attached hydrogens (tertiary/aromatic N) is 1. The molecule has 1 heterocycles. The first-order valence-corrected chi connectivity index (χ1v) is 4.80. The summed E-state index contributed by atoms with van der Waals surface area (Å²) >= 11 is 0. The van der Waals surface area contributed by atoms with E-state index in [4.69, 9.17) is 5.73 Å². The van der Waals surface area contributed by atoms with Gasteiger partial charge in [0.25, 0.3) is 0 Å². The van der Waals surface area contributed by atoms with Gasteiger partial charge in [-0.15, -0.1) is 0 Å². The third kappa shape index (κ3) is 1.92. The zero-order chi connectivity index (χ0) is 11.5. The maximum absolute atomic E-state index is 13.5. The van der Waals surface area contributed by atoms with Crippen LogP contribution in [-0.2, 0) is 6.54 Å². The van der Waals surface area contributed by atoms with Crippen LogP contribution in [0.1, 0.15) is 5.56 Å². The molecule has 2 aromatic rings. The van der Waals surface area contributed by atoms with Crippen LogP contribution < -0.4 is 5.73 Å². The number of nitrogens with two attached hydrogens (primary N) is 1. The summed E-state index contributed by atoms with van der Waals surface area (Å²) < 4.78 is 26.6. The molecule has 1 aromatic heterocycles. The molecule has 0 bridgehead atoms. The molecule has 0 unspecified atom stereocenters. The lowest BCUT2D eigenvalue weighted by Crippen LogP contribution is -2.00. The van der Waals surface area contributed by atoms with E-state index in [0.29, 0.717) is 16.7 Å². The molecule has 0 aliphatic heterocycles. The van der Waals surface area contributed by atoms with Crippen molar-refractivity contribution in [2.75, 3.05) is 0 Å². The van der Waals surface area contributed by atoms with Crippen LogP contribution >= 0.6 is 0 Å². The predicted octanol–water partition coefficient (Wildman–Crippen LogP) is 2.49. The van der Waals surface area contributed by atoms with Gasteiger partial charge in [0.05, 0.1) is 6.20 Å². The van der Waals surface area contributed by atoms with E-state index in [1.807, 2.05) is 0 Å². The van der Waals surface area contributed by atoms with E-state index in [1.54, 1.807) is 6.07 Å². The van der Waals surface area contributed by atoms with Crippen molar-refractivity contribution in [3.8, 4) is 11.1 Å². The summed E-state index contributed by atoms with van der Waals surface area (Å²) in [5, 5.41) is 0. The van der Waals surface area contributed by atoms with Crippen molar-refractivity contribution in [3.63, 3.8) is 0 Å². The summed E-state index contributed by atoms with van der Waals surface area (Å²) in [6, 6.07) is 5.65. The van der Waals surface area contributed by atoms with Gasteiger partial charge >= 0.3 is 0 Å². The van der Waals surface area contributed by atoms with Crippen molar-refractivity contribution in [2.45, 2.75) is 6.54 Å². The Kier molecular flexibility index (Phi) is 2.92. The molecule has 0 amide bonds. The molecule has 4 heteroatoms. The van der Waals surface area contributed by atoms with E-state index in [0.717, 1.165) is 6.20 Å². The van der Waals surface area contributed by atoms with Gasteiger partial charge in [0.2, 0.25) is 0 Å². The van der Waals surface area contributed by atoms with Gasteiger partial charge in [-0.05, 0) is 29.3 Å². The van der Waals surface area contributed by atoms with E-state index < -0.39 is 11.6 Å².